The summed E-state index contributed by atoms with van der Waals surface area (Å²) >= 11 is 1.53. The Labute approximate surface area is 195 Å². The van der Waals surface area contributed by atoms with Crippen molar-refractivity contribution in [2.24, 2.45) is 0 Å². The van der Waals surface area contributed by atoms with E-state index in [4.69, 9.17) is 0 Å². The molecule has 0 atom stereocenters. The minimum absolute atomic E-state index is 0.266. The topological polar surface area (TPSA) is 63.1 Å². The largest absolute Gasteiger partial charge is 0.298 e. The first-order valence-corrected chi connectivity index (χ1v) is 11.8. The summed E-state index contributed by atoms with van der Waals surface area (Å²) < 4.78 is 15.0. The van der Waals surface area contributed by atoms with Crippen LogP contribution in [0.5, 0.6) is 0 Å². The Kier molecular flexibility index (Phi) is 5.78. The van der Waals surface area contributed by atoms with E-state index in [1.807, 2.05) is 31.2 Å². The summed E-state index contributed by atoms with van der Waals surface area (Å²) in [6, 6.07) is 13.9. The molecule has 0 unspecified atom stereocenters. The molecule has 2 aromatic heterocycles. The van der Waals surface area contributed by atoms with Crippen molar-refractivity contribution >= 4 is 22.4 Å². The third-order valence-corrected chi connectivity index (χ3v) is 6.85. The van der Waals surface area contributed by atoms with Crippen molar-refractivity contribution in [3.8, 4) is 16.9 Å². The lowest BCUT2D eigenvalue weighted by molar-refractivity contribution is 0.102. The van der Waals surface area contributed by atoms with Gasteiger partial charge in [0.15, 0.2) is 5.13 Å². The molecule has 1 N–H and O–H groups in total. The third-order valence-electron chi connectivity index (χ3n) is 5.85. The van der Waals surface area contributed by atoms with Gasteiger partial charge in [0, 0.05) is 36.1 Å². The summed E-state index contributed by atoms with van der Waals surface area (Å²) in [7, 11) is 0. The molecule has 5 rings (SSSR count). The minimum Gasteiger partial charge on any atom is -0.298 e. The molecular weight excluding hydrogens is 437 g/mol. The van der Waals surface area contributed by atoms with Crippen LogP contribution >= 0.6 is 11.3 Å². The fourth-order valence-electron chi connectivity index (χ4n) is 3.93. The molecule has 1 aliphatic heterocycles. The zero-order valence-electron chi connectivity index (χ0n) is 18.5. The normalized spacial score (nSPS) is 13.7. The highest BCUT2D eigenvalue weighted by molar-refractivity contribution is 7.15. The lowest BCUT2D eigenvalue weighted by atomic mass is 10.1. The van der Waals surface area contributed by atoms with Gasteiger partial charge in [-0.05, 0) is 37.7 Å². The summed E-state index contributed by atoms with van der Waals surface area (Å²) in [5.74, 6) is -0.589. The molecule has 0 saturated carbocycles. The molecule has 4 aromatic rings. The number of nitrogens with one attached hydrogen (secondary N) is 1. The molecule has 1 aliphatic rings. The molecule has 168 valence electrons. The summed E-state index contributed by atoms with van der Waals surface area (Å²) in [5, 5.41) is 8.25. The number of thiazole rings is 1. The summed E-state index contributed by atoms with van der Waals surface area (Å²) in [6.45, 7) is 7.03. The quantitative estimate of drug-likeness (QED) is 0.451. The van der Waals surface area contributed by atoms with Gasteiger partial charge in [0.25, 0.3) is 5.91 Å². The number of hydrogen-bond acceptors (Lipinski definition) is 5. The highest BCUT2D eigenvalue weighted by Gasteiger charge is 2.23. The SMILES string of the molecule is CCN1CCc2nc(NC(=O)c3cn(-c4ccc(F)cc4)nc3-c3ccc(C)cc3)sc2C1. The van der Waals surface area contributed by atoms with Gasteiger partial charge in [-0.1, -0.05) is 36.8 Å². The number of nitrogens with zero attached hydrogens (tertiary/aromatic N) is 4. The molecule has 8 heteroatoms. The van der Waals surface area contributed by atoms with Gasteiger partial charge in [0.1, 0.15) is 11.5 Å². The molecule has 1 amide bonds. The Morgan fingerprint density at radius 3 is 2.64 bits per heavy atom. The Hall–Kier alpha value is -3.36. The van der Waals surface area contributed by atoms with Crippen molar-refractivity contribution in [3.05, 3.63) is 82.2 Å². The van der Waals surface area contributed by atoms with E-state index in [9.17, 15) is 9.18 Å². The number of rotatable bonds is 5. The standard InChI is InChI=1S/C25H24FN5OS/c1-3-30-13-12-21-22(15-30)33-25(27-21)28-24(32)20-14-31(19-10-8-18(26)9-11-19)29-23(20)17-6-4-16(2)5-7-17/h4-11,14H,3,12-13,15H2,1-2H3,(H,27,28,32). The second kappa shape index (κ2) is 8.88. The van der Waals surface area contributed by atoms with Gasteiger partial charge in [-0.2, -0.15) is 5.10 Å². The maximum Gasteiger partial charge on any atom is 0.261 e. The number of fused-ring (bicyclic) bond motifs is 1. The molecule has 0 bridgehead atoms. The van der Waals surface area contributed by atoms with Crippen molar-refractivity contribution in [1.82, 2.24) is 19.7 Å². The lowest BCUT2D eigenvalue weighted by Gasteiger charge is -2.23. The van der Waals surface area contributed by atoms with Gasteiger partial charge >= 0.3 is 0 Å². The Morgan fingerprint density at radius 2 is 1.91 bits per heavy atom. The molecule has 2 aromatic carbocycles. The van der Waals surface area contributed by atoms with Crippen LogP contribution in [0.25, 0.3) is 16.9 Å². The highest BCUT2D eigenvalue weighted by Crippen LogP contribution is 2.30. The van der Waals surface area contributed by atoms with Crippen LogP contribution in [0.15, 0.2) is 54.7 Å². The smallest absolute Gasteiger partial charge is 0.261 e. The van der Waals surface area contributed by atoms with E-state index in [1.54, 1.807) is 23.0 Å². The predicted octanol–water partition coefficient (Wildman–Crippen LogP) is 5.07. The summed E-state index contributed by atoms with van der Waals surface area (Å²) in [6.07, 6.45) is 2.58. The molecule has 0 aliphatic carbocycles. The van der Waals surface area contributed by atoms with Crippen molar-refractivity contribution in [2.75, 3.05) is 18.4 Å². The van der Waals surface area contributed by atoms with E-state index in [1.165, 1.54) is 28.3 Å². The molecular formula is C25H24FN5OS. The Balaban J connectivity index is 1.48. The van der Waals surface area contributed by atoms with Crippen LogP contribution < -0.4 is 5.32 Å². The molecule has 6 nitrogen and oxygen atoms in total. The van der Waals surface area contributed by atoms with Crippen LogP contribution in [-0.2, 0) is 13.0 Å². The van der Waals surface area contributed by atoms with Crippen LogP contribution in [0.3, 0.4) is 0 Å². The van der Waals surface area contributed by atoms with Crippen molar-refractivity contribution in [3.63, 3.8) is 0 Å². The molecule has 0 spiro atoms. The first-order valence-electron chi connectivity index (χ1n) is 10.9. The number of hydrogen-bond donors (Lipinski definition) is 1. The van der Waals surface area contributed by atoms with E-state index in [0.717, 1.165) is 42.9 Å². The molecule has 33 heavy (non-hydrogen) atoms. The van der Waals surface area contributed by atoms with Crippen LogP contribution in [0.1, 0.15) is 33.4 Å². The monoisotopic (exact) mass is 461 g/mol. The average Bonchev–Trinajstić information content (AvgIpc) is 3.43. The van der Waals surface area contributed by atoms with Crippen molar-refractivity contribution in [1.29, 1.82) is 0 Å². The van der Waals surface area contributed by atoms with Gasteiger partial charge in [0.2, 0.25) is 0 Å². The fourth-order valence-corrected chi connectivity index (χ4v) is 4.97. The van der Waals surface area contributed by atoms with E-state index >= 15 is 0 Å². The van der Waals surface area contributed by atoms with E-state index < -0.39 is 0 Å². The first kappa shape index (κ1) is 21.5. The zero-order valence-corrected chi connectivity index (χ0v) is 19.3. The average molecular weight is 462 g/mol. The fraction of sp³-hybridized carbons (Fsp3) is 0.240. The number of likely N-dealkylation sites (N-methyl/N-ethyl adjacent to an activating group) is 1. The highest BCUT2D eigenvalue weighted by atomic mass is 32.1. The second-order valence-corrected chi connectivity index (χ2v) is 9.22. The number of aryl methyl sites for hydroxylation is 1. The van der Waals surface area contributed by atoms with Crippen molar-refractivity contribution in [2.45, 2.75) is 26.8 Å². The molecule has 0 saturated heterocycles. The minimum atomic E-state index is -0.322. The van der Waals surface area contributed by atoms with E-state index in [-0.39, 0.29) is 11.7 Å². The van der Waals surface area contributed by atoms with Crippen molar-refractivity contribution < 1.29 is 9.18 Å². The first-order chi connectivity index (χ1) is 16.0. The summed E-state index contributed by atoms with van der Waals surface area (Å²) in [5.41, 5.74) is 4.71. The number of carbonyl (C=O) groups excluding carboxylic acids is 1. The van der Waals surface area contributed by atoms with Gasteiger partial charge < -0.3 is 0 Å². The van der Waals surface area contributed by atoms with E-state index in [2.05, 4.69) is 27.2 Å². The van der Waals surface area contributed by atoms with Gasteiger partial charge in [-0.3, -0.25) is 15.0 Å². The van der Waals surface area contributed by atoms with Crippen LogP contribution in [0.4, 0.5) is 9.52 Å². The van der Waals surface area contributed by atoms with Gasteiger partial charge in [0.05, 0.1) is 16.9 Å². The number of aromatic nitrogens is 3. The maximum absolute atomic E-state index is 13.4. The number of anilines is 1. The van der Waals surface area contributed by atoms with Crippen LogP contribution in [-0.4, -0.2) is 38.7 Å². The number of benzene rings is 2. The number of carbonyl (C=O) groups is 1. The van der Waals surface area contributed by atoms with Crippen LogP contribution in [0, 0.1) is 12.7 Å². The Morgan fingerprint density at radius 1 is 1.15 bits per heavy atom. The zero-order chi connectivity index (χ0) is 22.9. The maximum atomic E-state index is 13.4. The second-order valence-electron chi connectivity index (χ2n) is 8.14. The van der Waals surface area contributed by atoms with E-state index in [0.29, 0.717) is 22.1 Å². The molecule has 0 fully saturated rings. The summed E-state index contributed by atoms with van der Waals surface area (Å²) in [4.78, 5) is 21.6. The predicted molar refractivity (Wildman–Crippen MR) is 128 cm³/mol. The third kappa shape index (κ3) is 4.44. The Bertz CT molecular complexity index is 1290. The van der Waals surface area contributed by atoms with Gasteiger partial charge in [-0.25, -0.2) is 14.1 Å². The lowest BCUT2D eigenvalue weighted by Crippen LogP contribution is -2.29. The number of halogens is 1. The molecule has 3 heterocycles. The van der Waals surface area contributed by atoms with Gasteiger partial charge in [-0.15, -0.1) is 11.3 Å². The van der Waals surface area contributed by atoms with Crippen LogP contribution in [0.2, 0.25) is 0 Å². The molecule has 0 radical (unpaired) electrons. The number of amides is 1.